The fourth-order valence-electron chi connectivity index (χ4n) is 4.45. The highest BCUT2D eigenvalue weighted by atomic mass is 32.1. The van der Waals surface area contributed by atoms with Gasteiger partial charge in [-0.1, -0.05) is 45.0 Å². The van der Waals surface area contributed by atoms with E-state index in [1.54, 1.807) is 11.3 Å². The number of carbonyl (C=O) groups excluding carboxylic acids is 3. The number of nitrogens with one attached hydrogen (secondary N) is 2. The molecule has 1 saturated heterocycles. The van der Waals surface area contributed by atoms with Crippen molar-refractivity contribution in [3.05, 3.63) is 41.0 Å². The summed E-state index contributed by atoms with van der Waals surface area (Å²) in [7, 11) is 0. The van der Waals surface area contributed by atoms with Crippen LogP contribution in [0.25, 0.3) is 10.4 Å². The second kappa shape index (κ2) is 14.6. The zero-order valence-corrected chi connectivity index (χ0v) is 24.5. The van der Waals surface area contributed by atoms with Crippen molar-refractivity contribution in [3.8, 4) is 10.4 Å². The molecular weight excluding hydrogens is 534 g/mol. The van der Waals surface area contributed by atoms with E-state index in [9.17, 15) is 19.5 Å². The number of carbonyl (C=O) groups is 3. The number of β-amino-alcohol motifs (C(OH)–C–C–N with tert-alkyl or cyclic N) is 1. The fourth-order valence-corrected chi connectivity index (χ4v) is 5.26. The zero-order valence-electron chi connectivity index (χ0n) is 23.6. The van der Waals surface area contributed by atoms with Gasteiger partial charge in [0.25, 0.3) is 0 Å². The van der Waals surface area contributed by atoms with Crippen molar-refractivity contribution in [2.24, 2.45) is 11.1 Å². The number of ether oxygens (including phenoxy) is 2. The number of rotatable bonds is 13. The topological polar surface area (TPSA) is 156 Å². The van der Waals surface area contributed by atoms with Crippen LogP contribution in [0.4, 0.5) is 0 Å². The lowest BCUT2D eigenvalue weighted by Crippen LogP contribution is -2.58. The Labute approximate surface area is 239 Å². The third-order valence-corrected chi connectivity index (χ3v) is 7.56. The van der Waals surface area contributed by atoms with E-state index in [0.29, 0.717) is 19.8 Å². The van der Waals surface area contributed by atoms with Crippen molar-refractivity contribution in [1.29, 1.82) is 0 Å². The predicted octanol–water partition coefficient (Wildman–Crippen LogP) is 1.22. The minimum absolute atomic E-state index is 0.0112. The monoisotopic (exact) mass is 575 g/mol. The molecular formula is C28H41N5O6S. The Morgan fingerprint density at radius 3 is 2.50 bits per heavy atom. The van der Waals surface area contributed by atoms with Crippen LogP contribution >= 0.6 is 11.3 Å². The third kappa shape index (κ3) is 8.80. The van der Waals surface area contributed by atoms with Gasteiger partial charge in [-0.15, -0.1) is 11.3 Å². The highest BCUT2D eigenvalue weighted by molar-refractivity contribution is 7.13. The molecule has 3 amide bonds. The van der Waals surface area contributed by atoms with Gasteiger partial charge in [0.1, 0.15) is 18.7 Å². The Morgan fingerprint density at radius 1 is 1.18 bits per heavy atom. The molecule has 1 aromatic heterocycles. The largest absolute Gasteiger partial charge is 0.391 e. The van der Waals surface area contributed by atoms with Crippen LogP contribution in [0.5, 0.6) is 0 Å². The number of amides is 3. The van der Waals surface area contributed by atoms with Crippen LogP contribution in [0.2, 0.25) is 0 Å². The molecule has 1 aliphatic heterocycles. The summed E-state index contributed by atoms with van der Waals surface area (Å²) in [5.74, 6) is -1.23. The van der Waals surface area contributed by atoms with Gasteiger partial charge in [-0.3, -0.25) is 14.4 Å². The molecule has 40 heavy (non-hydrogen) atoms. The van der Waals surface area contributed by atoms with Gasteiger partial charge in [0.2, 0.25) is 17.7 Å². The van der Waals surface area contributed by atoms with E-state index in [1.165, 1.54) is 4.90 Å². The van der Waals surface area contributed by atoms with Crippen molar-refractivity contribution in [1.82, 2.24) is 20.5 Å². The molecule has 3 unspecified atom stereocenters. The van der Waals surface area contributed by atoms with Gasteiger partial charge in [-0.2, -0.15) is 0 Å². The summed E-state index contributed by atoms with van der Waals surface area (Å²) in [5.41, 5.74) is 9.47. The summed E-state index contributed by atoms with van der Waals surface area (Å²) in [6.45, 7) is 8.85. The van der Waals surface area contributed by atoms with E-state index >= 15 is 0 Å². The van der Waals surface area contributed by atoms with Crippen molar-refractivity contribution in [3.63, 3.8) is 0 Å². The van der Waals surface area contributed by atoms with Gasteiger partial charge in [-0.25, -0.2) is 4.98 Å². The first-order valence-electron chi connectivity index (χ1n) is 13.4. The summed E-state index contributed by atoms with van der Waals surface area (Å²) in [6, 6.07) is 6.10. The van der Waals surface area contributed by atoms with Crippen LogP contribution in [0.15, 0.2) is 29.8 Å². The van der Waals surface area contributed by atoms with Crippen LogP contribution in [0.3, 0.4) is 0 Å². The lowest BCUT2D eigenvalue weighted by atomic mass is 9.85. The number of benzene rings is 1. The molecule has 0 saturated carbocycles. The summed E-state index contributed by atoms with van der Waals surface area (Å²) >= 11 is 1.58. The second-order valence-electron chi connectivity index (χ2n) is 10.9. The van der Waals surface area contributed by atoms with Gasteiger partial charge in [0.05, 0.1) is 42.0 Å². The molecule has 1 fully saturated rings. The maximum Gasteiger partial charge on any atom is 0.246 e. The summed E-state index contributed by atoms with van der Waals surface area (Å²) in [5, 5.41) is 16.0. The molecule has 1 aromatic carbocycles. The number of aliphatic hydroxyl groups is 1. The van der Waals surface area contributed by atoms with Gasteiger partial charge < -0.3 is 35.8 Å². The molecule has 2 heterocycles. The van der Waals surface area contributed by atoms with Crippen LogP contribution in [0.1, 0.15) is 38.4 Å². The maximum atomic E-state index is 13.6. The van der Waals surface area contributed by atoms with Gasteiger partial charge in [0.15, 0.2) is 0 Å². The Morgan fingerprint density at radius 2 is 1.88 bits per heavy atom. The average molecular weight is 576 g/mol. The Bertz CT molecular complexity index is 1130. The molecule has 0 spiro atoms. The number of thiazole rings is 1. The molecule has 1 aliphatic rings. The number of aryl methyl sites for hydroxylation is 1. The molecule has 5 N–H and O–H groups in total. The standard InChI is InChI=1S/C28H41N5O6S/c1-18-24(40-17-31-18)20-7-5-19(6-8-20)14-30-26(36)22-13-21(34)15-33(22)27(37)25(28(2,3)4)32-23(35)16-39-12-11-38-10-9-29/h5-8,17,21-22,25,34H,9-16,29H2,1-4H3,(H,30,36)(H,32,35). The number of nitrogens with two attached hydrogens (primary N) is 1. The molecule has 0 radical (unpaired) electrons. The van der Waals surface area contributed by atoms with Crippen LogP contribution in [-0.4, -0.2) is 90.4 Å². The molecule has 12 heteroatoms. The minimum atomic E-state index is -0.916. The second-order valence-corrected chi connectivity index (χ2v) is 11.8. The summed E-state index contributed by atoms with van der Waals surface area (Å²) in [6.07, 6.45) is -0.715. The normalized spacial score (nSPS) is 18.0. The highest BCUT2D eigenvalue weighted by Crippen LogP contribution is 2.28. The van der Waals surface area contributed by atoms with E-state index in [4.69, 9.17) is 15.2 Å². The first-order chi connectivity index (χ1) is 19.0. The van der Waals surface area contributed by atoms with E-state index in [2.05, 4.69) is 15.6 Å². The van der Waals surface area contributed by atoms with Crippen LogP contribution in [-0.2, 0) is 30.4 Å². The Kier molecular flexibility index (Phi) is 11.6. The van der Waals surface area contributed by atoms with Gasteiger partial charge in [-0.05, 0) is 23.5 Å². The number of nitrogens with zero attached hydrogens (tertiary/aromatic N) is 2. The molecule has 220 valence electrons. The predicted molar refractivity (Wildman–Crippen MR) is 152 cm³/mol. The summed E-state index contributed by atoms with van der Waals surface area (Å²) < 4.78 is 10.6. The quantitative estimate of drug-likeness (QED) is 0.260. The van der Waals surface area contributed by atoms with E-state index in [-0.39, 0.29) is 38.6 Å². The van der Waals surface area contributed by atoms with E-state index in [0.717, 1.165) is 21.7 Å². The molecule has 2 aromatic rings. The maximum absolute atomic E-state index is 13.6. The lowest BCUT2D eigenvalue weighted by molar-refractivity contribution is -0.144. The minimum Gasteiger partial charge on any atom is -0.391 e. The Balaban J connectivity index is 1.59. The molecule has 0 bridgehead atoms. The average Bonchev–Trinajstić information content (AvgIpc) is 3.52. The van der Waals surface area contributed by atoms with Gasteiger partial charge >= 0.3 is 0 Å². The van der Waals surface area contributed by atoms with Crippen molar-refractivity contribution in [2.75, 3.05) is 39.5 Å². The van der Waals surface area contributed by atoms with E-state index in [1.807, 2.05) is 57.5 Å². The summed E-state index contributed by atoms with van der Waals surface area (Å²) in [4.78, 5) is 46.1. The Hall–Kier alpha value is -2.90. The highest BCUT2D eigenvalue weighted by Gasteiger charge is 2.44. The first-order valence-corrected chi connectivity index (χ1v) is 14.3. The number of aromatic nitrogens is 1. The van der Waals surface area contributed by atoms with Gasteiger partial charge in [0, 0.05) is 26.1 Å². The van der Waals surface area contributed by atoms with E-state index < -0.39 is 35.4 Å². The van der Waals surface area contributed by atoms with Crippen LogP contribution in [0, 0.1) is 12.3 Å². The van der Waals surface area contributed by atoms with Crippen molar-refractivity contribution < 1.29 is 29.0 Å². The number of hydrogen-bond acceptors (Lipinski definition) is 9. The van der Waals surface area contributed by atoms with Crippen molar-refractivity contribution >= 4 is 29.1 Å². The van der Waals surface area contributed by atoms with Crippen LogP contribution < -0.4 is 16.4 Å². The molecule has 3 atom stereocenters. The van der Waals surface area contributed by atoms with Crippen molar-refractivity contribution in [2.45, 2.75) is 58.8 Å². The molecule has 11 nitrogen and oxygen atoms in total. The molecule has 3 rings (SSSR count). The lowest BCUT2D eigenvalue weighted by Gasteiger charge is -2.35. The number of hydrogen-bond donors (Lipinski definition) is 4. The number of aliphatic hydroxyl groups excluding tert-OH is 1. The third-order valence-electron chi connectivity index (χ3n) is 6.58. The zero-order chi connectivity index (χ0) is 29.3. The number of likely N-dealkylation sites (tertiary alicyclic amines) is 1. The molecule has 0 aliphatic carbocycles. The SMILES string of the molecule is Cc1ncsc1-c1ccc(CNC(=O)C2CC(O)CN2C(=O)C(NC(=O)COCCOCCN)C(C)(C)C)cc1. The fraction of sp³-hybridized carbons (Fsp3) is 0.571. The first kappa shape index (κ1) is 31.6. The smallest absolute Gasteiger partial charge is 0.246 e.